The molecule has 21 heavy (non-hydrogen) atoms. The molecule has 0 saturated heterocycles. The highest BCUT2D eigenvalue weighted by Gasteiger charge is 2.02. The first-order valence-corrected chi connectivity index (χ1v) is 8.38. The van der Waals surface area contributed by atoms with E-state index < -0.39 is 0 Å². The molecule has 0 bridgehead atoms. The van der Waals surface area contributed by atoms with E-state index in [0.29, 0.717) is 12.4 Å². The van der Waals surface area contributed by atoms with Gasteiger partial charge < -0.3 is 4.74 Å². The maximum absolute atomic E-state index is 12.0. The largest absolute Gasteiger partial charge is 0.484 e. The summed E-state index contributed by atoms with van der Waals surface area (Å²) in [6.45, 7) is 0.442. The van der Waals surface area contributed by atoms with Gasteiger partial charge in [0.15, 0.2) is 5.75 Å². The van der Waals surface area contributed by atoms with Gasteiger partial charge in [0.1, 0.15) is 6.61 Å². The quantitative estimate of drug-likeness (QED) is 0.700. The zero-order valence-electron chi connectivity index (χ0n) is 11.3. The molecule has 3 rings (SSSR count). The van der Waals surface area contributed by atoms with Crippen molar-refractivity contribution in [1.29, 1.82) is 0 Å². The van der Waals surface area contributed by atoms with Gasteiger partial charge in [-0.15, -0.1) is 22.7 Å². The Balaban J connectivity index is 1.75. The molecule has 0 fully saturated rings. The highest BCUT2D eigenvalue weighted by atomic mass is 32.1. The number of hydrogen-bond donors (Lipinski definition) is 0. The van der Waals surface area contributed by atoms with Crippen molar-refractivity contribution in [2.24, 2.45) is 0 Å². The fourth-order valence-electron chi connectivity index (χ4n) is 1.98. The van der Waals surface area contributed by atoms with Gasteiger partial charge in [0, 0.05) is 16.2 Å². The Morgan fingerprint density at radius 2 is 1.57 bits per heavy atom. The third kappa shape index (κ3) is 3.80. The average Bonchev–Trinajstić information content (AvgIpc) is 3.14. The maximum Gasteiger partial charge on any atom is 0.220 e. The van der Waals surface area contributed by atoms with E-state index in [-0.39, 0.29) is 5.43 Å². The molecule has 0 aliphatic carbocycles. The number of rotatable bonds is 5. The van der Waals surface area contributed by atoms with E-state index in [9.17, 15) is 4.79 Å². The second-order valence-corrected chi connectivity index (χ2v) is 6.66. The molecule has 0 radical (unpaired) electrons. The van der Waals surface area contributed by atoms with Gasteiger partial charge in [-0.2, -0.15) is 0 Å². The van der Waals surface area contributed by atoms with E-state index in [1.165, 1.54) is 4.88 Å². The van der Waals surface area contributed by atoms with Crippen LogP contribution in [0.1, 0.15) is 15.3 Å². The summed E-state index contributed by atoms with van der Waals surface area (Å²) in [5.74, 6) is 0.404. The number of thiophene rings is 2. The molecule has 2 nitrogen and oxygen atoms in total. The first-order chi connectivity index (χ1) is 10.3. The summed E-state index contributed by atoms with van der Waals surface area (Å²) in [6.07, 6.45) is 0.843. The van der Waals surface area contributed by atoms with Crippen LogP contribution in [0.4, 0.5) is 0 Å². The SMILES string of the molecule is O=c1ccc(Cc2cccs2)ccc1OCc1cccs1. The van der Waals surface area contributed by atoms with Crippen LogP contribution in [0.15, 0.2) is 64.1 Å². The normalized spacial score (nSPS) is 10.5. The molecule has 0 amide bonds. The van der Waals surface area contributed by atoms with E-state index in [4.69, 9.17) is 4.74 Å². The number of ether oxygens (including phenoxy) is 1. The van der Waals surface area contributed by atoms with Crippen molar-refractivity contribution in [3.05, 3.63) is 84.8 Å². The lowest BCUT2D eigenvalue weighted by atomic mass is 10.2. The standard InChI is InChI=1S/C17H14O2S2/c18-16-7-5-13(11-14-3-1-9-20-14)6-8-17(16)19-12-15-4-2-10-21-15/h1-10H,11-12H2. The smallest absolute Gasteiger partial charge is 0.220 e. The Kier molecular flexibility index (Phi) is 4.48. The lowest BCUT2D eigenvalue weighted by molar-refractivity contribution is 0.307. The van der Waals surface area contributed by atoms with Gasteiger partial charge in [0.2, 0.25) is 5.43 Å². The predicted molar refractivity (Wildman–Crippen MR) is 88.5 cm³/mol. The summed E-state index contributed by atoms with van der Waals surface area (Å²) >= 11 is 3.35. The lowest BCUT2D eigenvalue weighted by Crippen LogP contribution is -2.03. The summed E-state index contributed by atoms with van der Waals surface area (Å²) in [5.41, 5.74) is 1.03. The first-order valence-electron chi connectivity index (χ1n) is 6.62. The first kappa shape index (κ1) is 14.0. The topological polar surface area (TPSA) is 26.3 Å². The van der Waals surface area contributed by atoms with Crippen molar-refractivity contribution < 1.29 is 4.74 Å². The second-order valence-electron chi connectivity index (χ2n) is 4.59. The summed E-state index contributed by atoms with van der Waals surface area (Å²) in [7, 11) is 0. The van der Waals surface area contributed by atoms with E-state index in [1.54, 1.807) is 34.8 Å². The molecule has 0 aliphatic heterocycles. The highest BCUT2D eigenvalue weighted by Crippen LogP contribution is 2.16. The summed E-state index contributed by atoms with van der Waals surface area (Å²) in [4.78, 5) is 14.4. The average molecular weight is 314 g/mol. The Labute approximate surface area is 131 Å². The van der Waals surface area contributed by atoms with Gasteiger partial charge in [-0.25, -0.2) is 0 Å². The fraction of sp³-hybridized carbons (Fsp3) is 0.118. The molecule has 0 N–H and O–H groups in total. The maximum atomic E-state index is 12.0. The molecule has 2 heterocycles. The molecule has 0 saturated carbocycles. The van der Waals surface area contributed by atoms with E-state index >= 15 is 0 Å². The Hall–Kier alpha value is -1.91. The summed E-state index contributed by atoms with van der Waals surface area (Å²) in [5, 5.41) is 4.06. The Bertz CT molecular complexity index is 747. The van der Waals surface area contributed by atoms with Gasteiger partial charge >= 0.3 is 0 Å². The minimum absolute atomic E-state index is 0.0796. The van der Waals surface area contributed by atoms with Crippen LogP contribution in [0, 0.1) is 0 Å². The highest BCUT2D eigenvalue weighted by molar-refractivity contribution is 7.10. The van der Waals surface area contributed by atoms with Crippen molar-refractivity contribution in [1.82, 2.24) is 0 Å². The van der Waals surface area contributed by atoms with Crippen LogP contribution < -0.4 is 10.2 Å². The summed E-state index contributed by atoms with van der Waals surface area (Å²) < 4.78 is 5.63. The molecule has 4 heteroatoms. The van der Waals surface area contributed by atoms with Crippen molar-refractivity contribution in [2.45, 2.75) is 13.0 Å². The Morgan fingerprint density at radius 3 is 2.29 bits per heavy atom. The molecule has 106 valence electrons. The predicted octanol–water partition coefficient (Wildman–Crippen LogP) is 4.34. The third-order valence-corrected chi connectivity index (χ3v) is 4.78. The second kappa shape index (κ2) is 6.70. The molecule has 1 aromatic carbocycles. The minimum Gasteiger partial charge on any atom is -0.484 e. The van der Waals surface area contributed by atoms with Gasteiger partial charge in [-0.3, -0.25) is 4.79 Å². The molecule has 3 aromatic rings. The van der Waals surface area contributed by atoms with Crippen molar-refractivity contribution >= 4 is 22.7 Å². The molecule has 0 spiro atoms. The molecular formula is C17H14O2S2. The fourth-order valence-corrected chi connectivity index (χ4v) is 3.34. The molecule has 2 aromatic heterocycles. The minimum atomic E-state index is -0.0796. The zero-order chi connectivity index (χ0) is 14.5. The van der Waals surface area contributed by atoms with Crippen LogP contribution in [0.5, 0.6) is 5.75 Å². The Morgan fingerprint density at radius 1 is 0.857 bits per heavy atom. The zero-order valence-corrected chi connectivity index (χ0v) is 13.0. The van der Waals surface area contributed by atoms with Crippen molar-refractivity contribution in [3.8, 4) is 5.75 Å². The summed E-state index contributed by atoms with van der Waals surface area (Å²) in [6, 6.07) is 15.3. The van der Waals surface area contributed by atoms with Gasteiger partial charge in [0.25, 0.3) is 0 Å². The van der Waals surface area contributed by atoms with Crippen LogP contribution in [0.3, 0.4) is 0 Å². The van der Waals surface area contributed by atoms with Crippen molar-refractivity contribution in [3.63, 3.8) is 0 Å². The molecule has 0 aliphatic rings. The van der Waals surface area contributed by atoms with E-state index in [2.05, 4.69) is 11.4 Å². The van der Waals surface area contributed by atoms with Crippen LogP contribution in [-0.2, 0) is 13.0 Å². The molecular weight excluding hydrogens is 300 g/mol. The van der Waals surface area contributed by atoms with Gasteiger partial charge in [-0.05, 0) is 40.6 Å². The molecule has 0 unspecified atom stereocenters. The van der Waals surface area contributed by atoms with Gasteiger partial charge in [-0.1, -0.05) is 24.3 Å². The van der Waals surface area contributed by atoms with E-state index in [0.717, 1.165) is 16.9 Å². The molecule has 0 atom stereocenters. The van der Waals surface area contributed by atoms with E-state index in [1.807, 2.05) is 35.7 Å². The lowest BCUT2D eigenvalue weighted by Gasteiger charge is -2.00. The van der Waals surface area contributed by atoms with Crippen LogP contribution in [-0.4, -0.2) is 0 Å². The van der Waals surface area contributed by atoms with Crippen LogP contribution >= 0.6 is 22.7 Å². The van der Waals surface area contributed by atoms with Crippen LogP contribution in [0.25, 0.3) is 0 Å². The monoisotopic (exact) mass is 314 g/mol. The number of hydrogen-bond acceptors (Lipinski definition) is 4. The van der Waals surface area contributed by atoms with Gasteiger partial charge in [0.05, 0.1) is 0 Å². The van der Waals surface area contributed by atoms with Crippen LogP contribution in [0.2, 0.25) is 0 Å². The van der Waals surface area contributed by atoms with Crippen molar-refractivity contribution in [2.75, 3.05) is 0 Å². The third-order valence-electron chi connectivity index (χ3n) is 3.05.